The Morgan fingerprint density at radius 1 is 1.35 bits per heavy atom. The van der Waals surface area contributed by atoms with Crippen LogP contribution in [0.15, 0.2) is 29.8 Å². The van der Waals surface area contributed by atoms with Crippen LogP contribution in [0.1, 0.15) is 18.9 Å². The summed E-state index contributed by atoms with van der Waals surface area (Å²) in [7, 11) is 1.67. The van der Waals surface area contributed by atoms with Gasteiger partial charge in [-0.05, 0) is 37.6 Å². The predicted octanol–water partition coefficient (Wildman–Crippen LogP) is 2.07. The minimum atomic E-state index is 0.244. The van der Waals surface area contributed by atoms with Gasteiger partial charge in [-0.2, -0.15) is 0 Å². The van der Waals surface area contributed by atoms with E-state index < -0.39 is 0 Å². The molecule has 0 amide bonds. The third-order valence-electron chi connectivity index (χ3n) is 2.44. The van der Waals surface area contributed by atoms with Crippen LogP contribution in [0.4, 0.5) is 0 Å². The number of hydrogen-bond acceptors (Lipinski definition) is 3. The molecule has 0 aliphatic carbocycles. The molecule has 2 N–H and O–H groups in total. The van der Waals surface area contributed by atoms with Crippen molar-refractivity contribution in [2.75, 3.05) is 26.8 Å². The Labute approximate surface area is 103 Å². The Balaban J connectivity index is 2.43. The summed E-state index contributed by atoms with van der Waals surface area (Å²) in [6.45, 7) is 4.04. The van der Waals surface area contributed by atoms with E-state index in [0.717, 1.165) is 25.3 Å². The van der Waals surface area contributed by atoms with Crippen molar-refractivity contribution in [1.82, 2.24) is 5.32 Å². The van der Waals surface area contributed by atoms with Gasteiger partial charge < -0.3 is 15.2 Å². The molecule has 0 atom stereocenters. The van der Waals surface area contributed by atoms with Crippen LogP contribution in [0.2, 0.25) is 0 Å². The van der Waals surface area contributed by atoms with Crippen LogP contribution in [0.25, 0.3) is 6.08 Å². The van der Waals surface area contributed by atoms with Crippen LogP contribution in [-0.2, 0) is 0 Å². The van der Waals surface area contributed by atoms with Crippen LogP contribution < -0.4 is 10.1 Å². The topological polar surface area (TPSA) is 41.5 Å². The monoisotopic (exact) mass is 235 g/mol. The molecule has 1 aromatic carbocycles. The highest BCUT2D eigenvalue weighted by molar-refractivity contribution is 5.53. The van der Waals surface area contributed by atoms with Gasteiger partial charge in [0.25, 0.3) is 0 Å². The summed E-state index contributed by atoms with van der Waals surface area (Å²) in [5.74, 6) is 0.876. The molecule has 3 heteroatoms. The maximum absolute atomic E-state index is 8.65. The van der Waals surface area contributed by atoms with E-state index in [1.54, 1.807) is 7.11 Å². The lowest BCUT2D eigenvalue weighted by molar-refractivity contribution is 0.287. The molecule has 0 saturated heterocycles. The van der Waals surface area contributed by atoms with Crippen LogP contribution >= 0.6 is 0 Å². The second-order valence-corrected chi connectivity index (χ2v) is 4.02. The molecule has 0 aromatic heterocycles. The fraction of sp³-hybridized carbons (Fsp3) is 0.429. The van der Waals surface area contributed by atoms with Crippen molar-refractivity contribution in [3.8, 4) is 5.75 Å². The molecule has 94 valence electrons. The summed E-state index contributed by atoms with van der Waals surface area (Å²) in [6, 6.07) is 7.99. The molecule has 0 bridgehead atoms. The van der Waals surface area contributed by atoms with Crippen molar-refractivity contribution < 1.29 is 9.84 Å². The van der Waals surface area contributed by atoms with Crippen LogP contribution in [-0.4, -0.2) is 31.9 Å². The first-order valence-electron chi connectivity index (χ1n) is 5.89. The van der Waals surface area contributed by atoms with E-state index in [1.807, 2.05) is 24.3 Å². The lowest BCUT2D eigenvalue weighted by Crippen LogP contribution is -2.18. The molecule has 17 heavy (non-hydrogen) atoms. The Kier molecular flexibility index (Phi) is 6.37. The molecule has 0 heterocycles. The molecule has 0 unspecified atom stereocenters. The molecule has 0 aliphatic rings. The van der Waals surface area contributed by atoms with Gasteiger partial charge in [-0.3, -0.25) is 0 Å². The zero-order valence-corrected chi connectivity index (χ0v) is 10.6. The van der Waals surface area contributed by atoms with Crippen molar-refractivity contribution >= 4 is 6.08 Å². The van der Waals surface area contributed by atoms with Gasteiger partial charge in [-0.25, -0.2) is 0 Å². The molecule has 3 nitrogen and oxygen atoms in total. The van der Waals surface area contributed by atoms with E-state index in [-0.39, 0.29) is 6.61 Å². The number of aliphatic hydroxyl groups excluding tert-OH is 1. The number of hydrogen-bond donors (Lipinski definition) is 2. The lowest BCUT2D eigenvalue weighted by atomic mass is 10.1. The van der Waals surface area contributed by atoms with Gasteiger partial charge in [0.1, 0.15) is 5.75 Å². The highest BCUT2D eigenvalue weighted by atomic mass is 16.5. The van der Waals surface area contributed by atoms with Crippen LogP contribution in [0.3, 0.4) is 0 Å². The highest BCUT2D eigenvalue weighted by Crippen LogP contribution is 2.13. The maximum atomic E-state index is 8.65. The molecule has 0 saturated carbocycles. The summed E-state index contributed by atoms with van der Waals surface area (Å²) in [4.78, 5) is 0. The average molecular weight is 235 g/mol. The van der Waals surface area contributed by atoms with Crippen molar-refractivity contribution in [1.29, 1.82) is 0 Å². The van der Waals surface area contributed by atoms with Crippen molar-refractivity contribution in [2.45, 2.75) is 13.3 Å². The molecular formula is C14H21NO2. The van der Waals surface area contributed by atoms with E-state index in [1.165, 1.54) is 11.1 Å². The Hall–Kier alpha value is -1.32. The maximum Gasteiger partial charge on any atom is 0.118 e. The Bertz CT molecular complexity index is 344. The zero-order chi connectivity index (χ0) is 12.5. The van der Waals surface area contributed by atoms with E-state index >= 15 is 0 Å². The van der Waals surface area contributed by atoms with Gasteiger partial charge in [0.2, 0.25) is 0 Å². The fourth-order valence-electron chi connectivity index (χ4n) is 1.53. The number of aliphatic hydroxyl groups is 1. The first-order chi connectivity index (χ1) is 8.26. The molecule has 0 fully saturated rings. The highest BCUT2D eigenvalue weighted by Gasteiger charge is 1.93. The number of methoxy groups -OCH3 is 1. The first kappa shape index (κ1) is 13.7. The number of benzene rings is 1. The number of nitrogens with one attached hydrogen (secondary N) is 1. The minimum absolute atomic E-state index is 0.244. The van der Waals surface area contributed by atoms with Gasteiger partial charge >= 0.3 is 0 Å². The van der Waals surface area contributed by atoms with Gasteiger partial charge in [-0.15, -0.1) is 0 Å². The van der Waals surface area contributed by atoms with E-state index in [9.17, 15) is 0 Å². The zero-order valence-electron chi connectivity index (χ0n) is 10.6. The van der Waals surface area contributed by atoms with Gasteiger partial charge in [0.05, 0.1) is 7.11 Å². The van der Waals surface area contributed by atoms with E-state index in [4.69, 9.17) is 9.84 Å². The predicted molar refractivity (Wildman–Crippen MR) is 71.2 cm³/mol. The second-order valence-electron chi connectivity index (χ2n) is 4.02. The fourth-order valence-corrected chi connectivity index (χ4v) is 1.53. The van der Waals surface area contributed by atoms with E-state index in [2.05, 4.69) is 18.3 Å². The molecule has 0 aliphatic heterocycles. The van der Waals surface area contributed by atoms with Gasteiger partial charge in [0.15, 0.2) is 0 Å². The van der Waals surface area contributed by atoms with Crippen LogP contribution in [0.5, 0.6) is 5.75 Å². The molecular weight excluding hydrogens is 214 g/mol. The summed E-state index contributed by atoms with van der Waals surface area (Å²) >= 11 is 0. The second kappa shape index (κ2) is 7.87. The van der Waals surface area contributed by atoms with Crippen LogP contribution in [0, 0.1) is 0 Å². The molecule has 1 rings (SSSR count). The van der Waals surface area contributed by atoms with Gasteiger partial charge in [0, 0.05) is 13.2 Å². The third kappa shape index (κ3) is 5.52. The standard InChI is InChI=1S/C14H21NO2/c1-12(11-15-8-3-9-16)10-13-4-6-14(17-2)7-5-13/h4-7,10,15-16H,3,8-9,11H2,1-2H3/b12-10-. The van der Waals surface area contributed by atoms with Gasteiger partial charge in [-0.1, -0.05) is 23.8 Å². The van der Waals surface area contributed by atoms with Crippen molar-refractivity contribution in [3.05, 3.63) is 35.4 Å². The molecule has 0 radical (unpaired) electrons. The Morgan fingerprint density at radius 3 is 2.65 bits per heavy atom. The molecule has 1 aromatic rings. The SMILES string of the molecule is COc1ccc(/C=C(/C)CNCCCO)cc1. The molecule has 0 spiro atoms. The first-order valence-corrected chi connectivity index (χ1v) is 5.89. The average Bonchev–Trinajstić information content (AvgIpc) is 2.36. The summed E-state index contributed by atoms with van der Waals surface area (Å²) in [5.41, 5.74) is 2.44. The lowest BCUT2D eigenvalue weighted by Gasteiger charge is -2.04. The largest absolute Gasteiger partial charge is 0.497 e. The normalized spacial score (nSPS) is 11.6. The van der Waals surface area contributed by atoms with Crippen molar-refractivity contribution in [2.24, 2.45) is 0 Å². The smallest absolute Gasteiger partial charge is 0.118 e. The quantitative estimate of drug-likeness (QED) is 0.711. The number of ether oxygens (including phenoxy) is 1. The minimum Gasteiger partial charge on any atom is -0.497 e. The Morgan fingerprint density at radius 2 is 2.06 bits per heavy atom. The third-order valence-corrected chi connectivity index (χ3v) is 2.44. The van der Waals surface area contributed by atoms with E-state index in [0.29, 0.717) is 0 Å². The summed E-state index contributed by atoms with van der Waals surface area (Å²) in [6.07, 6.45) is 2.95. The summed E-state index contributed by atoms with van der Waals surface area (Å²) < 4.78 is 5.11. The number of rotatable bonds is 7. The van der Waals surface area contributed by atoms with Crippen molar-refractivity contribution in [3.63, 3.8) is 0 Å². The summed E-state index contributed by atoms with van der Waals surface area (Å²) in [5, 5.41) is 11.9.